The molecular formula is C19H24FN. The molecule has 0 heterocycles. The lowest BCUT2D eigenvalue weighted by molar-refractivity contribution is 0.475. The molecule has 0 radical (unpaired) electrons. The molecule has 2 unspecified atom stereocenters. The number of halogens is 1. The van der Waals surface area contributed by atoms with Crippen molar-refractivity contribution in [3.05, 3.63) is 70.5 Å². The average molecular weight is 285 g/mol. The van der Waals surface area contributed by atoms with Crippen LogP contribution in [0.1, 0.15) is 42.1 Å². The Morgan fingerprint density at radius 2 is 1.67 bits per heavy atom. The molecule has 1 N–H and O–H groups in total. The number of rotatable bonds is 5. The largest absolute Gasteiger partial charge is 0.307 e. The highest BCUT2D eigenvalue weighted by molar-refractivity contribution is 5.32. The van der Waals surface area contributed by atoms with Gasteiger partial charge in [-0.05, 0) is 62.9 Å². The van der Waals surface area contributed by atoms with E-state index in [1.807, 2.05) is 12.1 Å². The van der Waals surface area contributed by atoms with Crippen molar-refractivity contribution in [2.75, 3.05) is 0 Å². The molecule has 0 amide bonds. The predicted molar refractivity (Wildman–Crippen MR) is 87.0 cm³/mol. The first-order valence-corrected chi connectivity index (χ1v) is 7.53. The van der Waals surface area contributed by atoms with E-state index in [-0.39, 0.29) is 5.82 Å². The summed E-state index contributed by atoms with van der Waals surface area (Å²) in [6.07, 6.45) is 0.898. The van der Waals surface area contributed by atoms with E-state index < -0.39 is 0 Å². The first-order chi connectivity index (χ1) is 9.95. The second-order valence-electron chi connectivity index (χ2n) is 5.98. The van der Waals surface area contributed by atoms with E-state index >= 15 is 0 Å². The van der Waals surface area contributed by atoms with Gasteiger partial charge in [0.2, 0.25) is 0 Å². The molecule has 0 aliphatic carbocycles. The minimum atomic E-state index is -0.178. The summed E-state index contributed by atoms with van der Waals surface area (Å²) in [4.78, 5) is 0. The average Bonchev–Trinajstić information content (AvgIpc) is 2.44. The van der Waals surface area contributed by atoms with Crippen molar-refractivity contribution in [1.82, 2.24) is 5.32 Å². The van der Waals surface area contributed by atoms with Gasteiger partial charge in [-0.25, -0.2) is 4.39 Å². The van der Waals surface area contributed by atoms with Crippen molar-refractivity contribution >= 4 is 0 Å². The zero-order valence-electron chi connectivity index (χ0n) is 13.3. The Kier molecular flexibility index (Phi) is 5.13. The molecule has 0 saturated heterocycles. The molecule has 0 aromatic heterocycles. The summed E-state index contributed by atoms with van der Waals surface area (Å²) in [5.74, 6) is -0.178. The molecule has 0 fully saturated rings. The van der Waals surface area contributed by atoms with Crippen molar-refractivity contribution in [2.24, 2.45) is 0 Å². The quantitative estimate of drug-likeness (QED) is 0.838. The molecule has 0 aliphatic heterocycles. The van der Waals surface area contributed by atoms with Gasteiger partial charge < -0.3 is 5.32 Å². The van der Waals surface area contributed by atoms with Gasteiger partial charge in [0.05, 0.1) is 0 Å². The molecule has 2 atom stereocenters. The normalized spacial score (nSPS) is 14.0. The second-order valence-corrected chi connectivity index (χ2v) is 5.98. The molecule has 2 rings (SSSR count). The van der Waals surface area contributed by atoms with E-state index in [0.717, 1.165) is 12.0 Å². The Morgan fingerprint density at radius 3 is 2.33 bits per heavy atom. The topological polar surface area (TPSA) is 12.0 Å². The van der Waals surface area contributed by atoms with Crippen LogP contribution in [0.15, 0.2) is 42.5 Å². The van der Waals surface area contributed by atoms with Crippen LogP contribution in [0.25, 0.3) is 0 Å². The fraction of sp³-hybridized carbons (Fsp3) is 0.368. The van der Waals surface area contributed by atoms with Crippen LogP contribution in [0.5, 0.6) is 0 Å². The number of hydrogen-bond acceptors (Lipinski definition) is 1. The van der Waals surface area contributed by atoms with E-state index in [1.54, 1.807) is 0 Å². The lowest BCUT2D eigenvalue weighted by Crippen LogP contribution is -2.31. The van der Waals surface area contributed by atoms with Gasteiger partial charge in [0.1, 0.15) is 5.82 Å². The maximum absolute atomic E-state index is 12.9. The maximum atomic E-state index is 12.9. The molecule has 0 bridgehead atoms. The smallest absolute Gasteiger partial charge is 0.123 e. The van der Waals surface area contributed by atoms with Gasteiger partial charge in [-0.2, -0.15) is 0 Å². The van der Waals surface area contributed by atoms with E-state index in [0.29, 0.717) is 12.1 Å². The fourth-order valence-electron chi connectivity index (χ4n) is 2.78. The Hall–Kier alpha value is -1.67. The van der Waals surface area contributed by atoms with Gasteiger partial charge in [0.15, 0.2) is 0 Å². The molecule has 2 aromatic rings. The predicted octanol–water partition coefficient (Wildman–Crippen LogP) is 4.72. The minimum absolute atomic E-state index is 0.178. The van der Waals surface area contributed by atoms with Crippen molar-refractivity contribution in [3.63, 3.8) is 0 Å². The molecular weight excluding hydrogens is 261 g/mol. The molecule has 0 saturated carbocycles. The zero-order chi connectivity index (χ0) is 15.4. The minimum Gasteiger partial charge on any atom is -0.307 e. The van der Waals surface area contributed by atoms with Crippen LogP contribution in [0, 0.1) is 19.7 Å². The summed E-state index contributed by atoms with van der Waals surface area (Å²) < 4.78 is 12.9. The second kappa shape index (κ2) is 6.86. The lowest BCUT2D eigenvalue weighted by atomic mass is 9.98. The summed E-state index contributed by atoms with van der Waals surface area (Å²) in [5.41, 5.74) is 5.11. The highest BCUT2D eigenvalue weighted by Gasteiger charge is 2.12. The van der Waals surface area contributed by atoms with Crippen molar-refractivity contribution < 1.29 is 4.39 Å². The summed E-state index contributed by atoms with van der Waals surface area (Å²) in [7, 11) is 0. The monoisotopic (exact) mass is 285 g/mol. The van der Waals surface area contributed by atoms with E-state index in [9.17, 15) is 4.39 Å². The van der Waals surface area contributed by atoms with Crippen LogP contribution >= 0.6 is 0 Å². The van der Waals surface area contributed by atoms with Gasteiger partial charge in [-0.1, -0.05) is 35.9 Å². The molecule has 112 valence electrons. The number of hydrogen-bond donors (Lipinski definition) is 1. The van der Waals surface area contributed by atoms with E-state index in [2.05, 4.69) is 51.2 Å². The standard InChI is InChI=1S/C19H24FN/c1-13-5-6-14(2)19(11-13)16(4)21-15(3)12-17-7-9-18(20)10-8-17/h5-11,15-16,21H,12H2,1-4H3. The van der Waals surface area contributed by atoms with Gasteiger partial charge in [-0.3, -0.25) is 0 Å². The zero-order valence-corrected chi connectivity index (χ0v) is 13.3. The third-order valence-electron chi connectivity index (χ3n) is 3.89. The molecule has 0 spiro atoms. The highest BCUT2D eigenvalue weighted by atomic mass is 19.1. The van der Waals surface area contributed by atoms with Crippen molar-refractivity contribution in [1.29, 1.82) is 0 Å². The van der Waals surface area contributed by atoms with E-state index in [4.69, 9.17) is 0 Å². The summed E-state index contributed by atoms with van der Waals surface area (Å²) >= 11 is 0. The van der Waals surface area contributed by atoms with E-state index in [1.165, 1.54) is 28.8 Å². The Balaban J connectivity index is 2.00. The third-order valence-corrected chi connectivity index (χ3v) is 3.89. The highest BCUT2D eigenvalue weighted by Crippen LogP contribution is 2.20. The molecule has 0 aliphatic rings. The molecule has 2 heteroatoms. The van der Waals surface area contributed by atoms with Gasteiger partial charge >= 0.3 is 0 Å². The van der Waals surface area contributed by atoms with Crippen LogP contribution in [0.4, 0.5) is 4.39 Å². The van der Waals surface area contributed by atoms with Gasteiger partial charge in [-0.15, -0.1) is 0 Å². The summed E-state index contributed by atoms with van der Waals surface area (Å²) in [6, 6.07) is 14.0. The number of aryl methyl sites for hydroxylation is 2. The molecule has 2 aromatic carbocycles. The first kappa shape index (κ1) is 15.7. The van der Waals surface area contributed by atoms with Crippen molar-refractivity contribution in [2.45, 2.75) is 46.2 Å². The van der Waals surface area contributed by atoms with Crippen LogP contribution in [0.2, 0.25) is 0 Å². The third kappa shape index (κ3) is 4.40. The van der Waals surface area contributed by atoms with Crippen molar-refractivity contribution in [3.8, 4) is 0 Å². The van der Waals surface area contributed by atoms with Gasteiger partial charge in [0.25, 0.3) is 0 Å². The summed E-state index contributed by atoms with van der Waals surface area (Å²) in [6.45, 7) is 8.64. The fourth-order valence-corrected chi connectivity index (χ4v) is 2.78. The molecule has 1 nitrogen and oxygen atoms in total. The lowest BCUT2D eigenvalue weighted by Gasteiger charge is -2.22. The van der Waals surface area contributed by atoms with Crippen LogP contribution < -0.4 is 5.32 Å². The number of nitrogens with one attached hydrogen (secondary N) is 1. The Bertz CT molecular complexity index is 589. The summed E-state index contributed by atoms with van der Waals surface area (Å²) in [5, 5.41) is 3.63. The number of benzene rings is 2. The van der Waals surface area contributed by atoms with Gasteiger partial charge in [0, 0.05) is 12.1 Å². The molecule has 21 heavy (non-hydrogen) atoms. The first-order valence-electron chi connectivity index (χ1n) is 7.53. The van der Waals surface area contributed by atoms with Crippen LogP contribution in [-0.2, 0) is 6.42 Å². The Morgan fingerprint density at radius 1 is 1.00 bits per heavy atom. The van der Waals surface area contributed by atoms with Crippen LogP contribution in [-0.4, -0.2) is 6.04 Å². The Labute approximate surface area is 127 Å². The maximum Gasteiger partial charge on any atom is 0.123 e. The van der Waals surface area contributed by atoms with Crippen LogP contribution in [0.3, 0.4) is 0 Å². The SMILES string of the molecule is Cc1ccc(C)c(C(C)NC(C)Cc2ccc(F)cc2)c1.